The number of hydrogen-bond acceptors (Lipinski definition) is 4. The van der Waals surface area contributed by atoms with E-state index in [1.165, 1.54) is 32.1 Å². The van der Waals surface area contributed by atoms with Gasteiger partial charge in [-0.25, -0.2) is 0 Å². The first-order valence-corrected chi connectivity index (χ1v) is 7.53. The monoisotopic (exact) mass is 279 g/mol. The van der Waals surface area contributed by atoms with Crippen molar-refractivity contribution in [2.75, 3.05) is 0 Å². The Kier molecular flexibility index (Phi) is 5.17. The summed E-state index contributed by atoms with van der Waals surface area (Å²) in [5.41, 5.74) is 7.78. The molecule has 1 fully saturated rings. The minimum absolute atomic E-state index is 0.0735. The predicted molar refractivity (Wildman–Crippen MR) is 77.0 cm³/mol. The molecule has 1 atom stereocenters. The predicted octanol–water partition coefficient (Wildman–Crippen LogP) is 2.21. The third-order valence-corrected chi connectivity index (χ3v) is 4.27. The molecule has 0 aliphatic heterocycles. The van der Waals surface area contributed by atoms with Crippen molar-refractivity contribution < 1.29 is 9.32 Å². The van der Waals surface area contributed by atoms with Crippen LogP contribution in [0.25, 0.3) is 0 Å². The number of amides is 1. The first-order valence-electron chi connectivity index (χ1n) is 7.53. The van der Waals surface area contributed by atoms with Crippen LogP contribution in [0.2, 0.25) is 0 Å². The van der Waals surface area contributed by atoms with E-state index in [0.29, 0.717) is 12.5 Å². The zero-order chi connectivity index (χ0) is 14.5. The summed E-state index contributed by atoms with van der Waals surface area (Å²) in [5.74, 6) is 1.29. The summed E-state index contributed by atoms with van der Waals surface area (Å²) in [4.78, 5) is 12.0. The zero-order valence-corrected chi connectivity index (χ0v) is 12.4. The van der Waals surface area contributed by atoms with Gasteiger partial charge in [-0.15, -0.1) is 0 Å². The van der Waals surface area contributed by atoms with Gasteiger partial charge in [0, 0.05) is 12.1 Å². The number of nitrogens with two attached hydrogens (primary N) is 1. The molecule has 1 aliphatic rings. The fraction of sp³-hybridized carbons (Fsp3) is 0.733. The molecule has 2 rings (SSSR count). The summed E-state index contributed by atoms with van der Waals surface area (Å²) in [6, 6.07) is -0.404. The van der Waals surface area contributed by atoms with E-state index in [-0.39, 0.29) is 5.91 Å². The highest BCUT2D eigenvalue weighted by molar-refractivity contribution is 5.81. The lowest BCUT2D eigenvalue weighted by Gasteiger charge is -2.24. The van der Waals surface area contributed by atoms with Crippen LogP contribution in [0.4, 0.5) is 0 Å². The molecule has 112 valence electrons. The van der Waals surface area contributed by atoms with Gasteiger partial charge in [-0.3, -0.25) is 4.79 Å². The molecule has 0 spiro atoms. The SMILES string of the molecule is Cc1noc(C)c1CNC(=O)C(N)CC1CCCCC1. The van der Waals surface area contributed by atoms with Gasteiger partial charge in [0.15, 0.2) is 0 Å². The highest BCUT2D eigenvalue weighted by atomic mass is 16.5. The summed E-state index contributed by atoms with van der Waals surface area (Å²) in [6.07, 6.45) is 7.10. The number of carbonyl (C=O) groups excluding carboxylic acids is 1. The highest BCUT2D eigenvalue weighted by Gasteiger charge is 2.21. The lowest BCUT2D eigenvalue weighted by Crippen LogP contribution is -2.41. The summed E-state index contributed by atoms with van der Waals surface area (Å²) < 4.78 is 5.08. The van der Waals surface area contributed by atoms with Gasteiger partial charge < -0.3 is 15.6 Å². The van der Waals surface area contributed by atoms with Crippen LogP contribution < -0.4 is 11.1 Å². The number of aromatic nitrogens is 1. The van der Waals surface area contributed by atoms with E-state index in [4.69, 9.17) is 10.3 Å². The number of carbonyl (C=O) groups is 1. The molecule has 1 aromatic heterocycles. The number of nitrogens with zero attached hydrogens (tertiary/aromatic N) is 1. The second kappa shape index (κ2) is 6.88. The molecule has 1 aliphatic carbocycles. The van der Waals surface area contributed by atoms with E-state index in [9.17, 15) is 4.79 Å². The van der Waals surface area contributed by atoms with Crippen molar-refractivity contribution in [3.05, 3.63) is 17.0 Å². The Labute approximate surface area is 120 Å². The molecule has 1 heterocycles. The Morgan fingerprint density at radius 1 is 1.40 bits per heavy atom. The van der Waals surface area contributed by atoms with Crippen LogP contribution in [0.5, 0.6) is 0 Å². The van der Waals surface area contributed by atoms with E-state index in [2.05, 4.69) is 10.5 Å². The highest BCUT2D eigenvalue weighted by Crippen LogP contribution is 2.27. The van der Waals surface area contributed by atoms with E-state index < -0.39 is 6.04 Å². The van der Waals surface area contributed by atoms with Gasteiger partial charge in [0.05, 0.1) is 11.7 Å². The van der Waals surface area contributed by atoms with E-state index >= 15 is 0 Å². The largest absolute Gasteiger partial charge is 0.361 e. The Hall–Kier alpha value is -1.36. The number of nitrogens with one attached hydrogen (secondary N) is 1. The standard InChI is InChI=1S/C15H25N3O2/c1-10-13(11(2)20-18-10)9-17-15(19)14(16)8-12-6-4-3-5-7-12/h12,14H,3-9,16H2,1-2H3,(H,17,19). The summed E-state index contributed by atoms with van der Waals surface area (Å²) in [7, 11) is 0. The van der Waals surface area contributed by atoms with Gasteiger partial charge >= 0.3 is 0 Å². The van der Waals surface area contributed by atoms with Crippen LogP contribution in [0, 0.1) is 19.8 Å². The van der Waals surface area contributed by atoms with E-state index in [1.807, 2.05) is 13.8 Å². The molecule has 0 bridgehead atoms. The van der Waals surface area contributed by atoms with Crippen molar-refractivity contribution in [1.82, 2.24) is 10.5 Å². The van der Waals surface area contributed by atoms with Crippen LogP contribution in [0.1, 0.15) is 55.5 Å². The first-order chi connectivity index (χ1) is 9.58. The average molecular weight is 279 g/mol. The minimum atomic E-state index is -0.404. The van der Waals surface area contributed by atoms with Crippen LogP contribution >= 0.6 is 0 Å². The lowest BCUT2D eigenvalue weighted by atomic mass is 9.85. The molecular weight excluding hydrogens is 254 g/mol. The van der Waals surface area contributed by atoms with Gasteiger partial charge in [0.2, 0.25) is 5.91 Å². The molecular formula is C15H25N3O2. The molecule has 1 amide bonds. The van der Waals surface area contributed by atoms with Crippen molar-refractivity contribution in [3.8, 4) is 0 Å². The first kappa shape index (κ1) is 15.0. The minimum Gasteiger partial charge on any atom is -0.361 e. The molecule has 5 heteroatoms. The molecule has 0 aromatic carbocycles. The number of rotatable bonds is 5. The fourth-order valence-corrected chi connectivity index (χ4v) is 2.95. The Morgan fingerprint density at radius 3 is 2.70 bits per heavy atom. The van der Waals surface area contributed by atoms with E-state index in [1.54, 1.807) is 0 Å². The van der Waals surface area contributed by atoms with Crippen LogP contribution in [0.3, 0.4) is 0 Å². The molecule has 1 unspecified atom stereocenters. The maximum absolute atomic E-state index is 12.0. The second-order valence-corrected chi connectivity index (χ2v) is 5.87. The molecule has 0 saturated heterocycles. The van der Waals surface area contributed by atoms with Gasteiger partial charge in [-0.1, -0.05) is 37.3 Å². The lowest BCUT2D eigenvalue weighted by molar-refractivity contribution is -0.123. The number of hydrogen-bond donors (Lipinski definition) is 2. The van der Waals surface area contributed by atoms with Gasteiger partial charge in [0.1, 0.15) is 5.76 Å². The quantitative estimate of drug-likeness (QED) is 0.865. The molecule has 20 heavy (non-hydrogen) atoms. The average Bonchev–Trinajstić information content (AvgIpc) is 2.76. The molecule has 1 aromatic rings. The molecule has 5 nitrogen and oxygen atoms in total. The summed E-state index contributed by atoms with van der Waals surface area (Å²) in [6.45, 7) is 4.17. The van der Waals surface area contributed by atoms with Crippen molar-refractivity contribution in [2.45, 2.75) is 65.0 Å². The topological polar surface area (TPSA) is 81.2 Å². The van der Waals surface area contributed by atoms with Crippen LogP contribution in [-0.4, -0.2) is 17.1 Å². The summed E-state index contributed by atoms with van der Waals surface area (Å²) in [5, 5.41) is 6.77. The molecule has 1 saturated carbocycles. The van der Waals surface area contributed by atoms with E-state index in [0.717, 1.165) is 23.4 Å². The van der Waals surface area contributed by atoms with Crippen molar-refractivity contribution >= 4 is 5.91 Å². The third kappa shape index (κ3) is 3.82. The smallest absolute Gasteiger partial charge is 0.237 e. The fourth-order valence-electron chi connectivity index (χ4n) is 2.95. The normalized spacial score (nSPS) is 17.9. The Balaban J connectivity index is 1.79. The zero-order valence-electron chi connectivity index (χ0n) is 12.4. The van der Waals surface area contributed by atoms with Gasteiger partial charge in [-0.05, 0) is 26.2 Å². The van der Waals surface area contributed by atoms with Crippen molar-refractivity contribution in [1.29, 1.82) is 0 Å². The summed E-state index contributed by atoms with van der Waals surface area (Å²) >= 11 is 0. The molecule has 3 N–H and O–H groups in total. The van der Waals surface area contributed by atoms with Gasteiger partial charge in [-0.2, -0.15) is 0 Å². The number of aryl methyl sites for hydroxylation is 2. The van der Waals surface area contributed by atoms with Crippen LogP contribution in [0.15, 0.2) is 4.52 Å². The maximum Gasteiger partial charge on any atom is 0.237 e. The van der Waals surface area contributed by atoms with Crippen molar-refractivity contribution in [3.63, 3.8) is 0 Å². The Bertz CT molecular complexity index is 430. The van der Waals surface area contributed by atoms with Gasteiger partial charge in [0.25, 0.3) is 0 Å². The van der Waals surface area contributed by atoms with Crippen LogP contribution in [-0.2, 0) is 11.3 Å². The third-order valence-electron chi connectivity index (χ3n) is 4.27. The Morgan fingerprint density at radius 2 is 2.10 bits per heavy atom. The van der Waals surface area contributed by atoms with Crippen molar-refractivity contribution in [2.24, 2.45) is 11.7 Å². The maximum atomic E-state index is 12.0. The second-order valence-electron chi connectivity index (χ2n) is 5.87. The molecule has 0 radical (unpaired) electrons.